The van der Waals surface area contributed by atoms with Crippen LogP contribution in [0.15, 0.2) is 0 Å². The van der Waals surface area contributed by atoms with E-state index in [0.29, 0.717) is 6.54 Å². The van der Waals surface area contributed by atoms with Crippen LogP contribution in [-0.4, -0.2) is 48.6 Å². The summed E-state index contributed by atoms with van der Waals surface area (Å²) in [4.78, 5) is 25.4. The van der Waals surface area contributed by atoms with Crippen molar-refractivity contribution in [3.05, 3.63) is 0 Å². The van der Waals surface area contributed by atoms with E-state index in [0.717, 1.165) is 13.0 Å². The van der Waals surface area contributed by atoms with Crippen molar-refractivity contribution in [3.63, 3.8) is 0 Å². The molecule has 5 nitrogen and oxygen atoms in total. The largest absolute Gasteiger partial charge is 0.469 e. The Morgan fingerprint density at radius 2 is 2.18 bits per heavy atom. The Morgan fingerprint density at radius 3 is 2.71 bits per heavy atom. The molecule has 1 unspecified atom stereocenters. The van der Waals surface area contributed by atoms with Crippen LogP contribution in [0.1, 0.15) is 33.6 Å². The summed E-state index contributed by atoms with van der Waals surface area (Å²) in [6.07, 6.45) is 1.01. The lowest BCUT2D eigenvalue weighted by molar-refractivity contribution is -0.145. The molecule has 1 N–H and O–H groups in total. The Hall–Kier alpha value is -1.10. The number of nitrogens with zero attached hydrogens (tertiary/aromatic N) is 1. The third-order valence-electron chi connectivity index (χ3n) is 3.00. The molecule has 1 fully saturated rings. The first-order valence-electron chi connectivity index (χ1n) is 5.97. The molecule has 0 aromatic rings. The van der Waals surface area contributed by atoms with Crippen LogP contribution in [0, 0.1) is 0 Å². The van der Waals surface area contributed by atoms with E-state index in [4.69, 9.17) is 0 Å². The highest BCUT2D eigenvalue weighted by Gasteiger charge is 2.36. The van der Waals surface area contributed by atoms with Crippen molar-refractivity contribution >= 4 is 11.9 Å². The molecular formula is C12H22N2O3. The van der Waals surface area contributed by atoms with Crippen molar-refractivity contribution in [2.24, 2.45) is 0 Å². The van der Waals surface area contributed by atoms with E-state index in [-0.39, 0.29) is 23.8 Å². The van der Waals surface area contributed by atoms with Crippen molar-refractivity contribution in [3.8, 4) is 0 Å². The average Bonchev–Trinajstić information content (AvgIpc) is 2.41. The Kier molecular flexibility index (Phi) is 4.51. The van der Waals surface area contributed by atoms with Gasteiger partial charge in [0, 0.05) is 18.6 Å². The summed E-state index contributed by atoms with van der Waals surface area (Å²) in [5.41, 5.74) is -0.139. The minimum absolute atomic E-state index is 0.0807. The van der Waals surface area contributed by atoms with Gasteiger partial charge in [0.1, 0.15) is 6.04 Å². The number of carbonyl (C=O) groups excluding carboxylic acids is 2. The molecule has 1 heterocycles. The molecule has 98 valence electrons. The Morgan fingerprint density at radius 1 is 1.53 bits per heavy atom. The van der Waals surface area contributed by atoms with Crippen molar-refractivity contribution in [2.45, 2.75) is 45.2 Å². The summed E-state index contributed by atoms with van der Waals surface area (Å²) in [5.74, 6) is -0.427. The molecule has 1 amide bonds. The molecule has 1 aliphatic heterocycles. The fraction of sp³-hybridized carbons (Fsp3) is 0.833. The zero-order valence-corrected chi connectivity index (χ0v) is 11.1. The monoisotopic (exact) mass is 242 g/mol. The van der Waals surface area contributed by atoms with Gasteiger partial charge in [-0.2, -0.15) is 0 Å². The van der Waals surface area contributed by atoms with Gasteiger partial charge in [-0.25, -0.2) is 0 Å². The molecule has 0 saturated carbocycles. The van der Waals surface area contributed by atoms with Crippen LogP contribution in [0.5, 0.6) is 0 Å². The number of hydrogen-bond donors (Lipinski definition) is 1. The number of amides is 1. The topological polar surface area (TPSA) is 58.6 Å². The van der Waals surface area contributed by atoms with Gasteiger partial charge in [0.15, 0.2) is 0 Å². The summed E-state index contributed by atoms with van der Waals surface area (Å²) < 4.78 is 4.66. The maximum absolute atomic E-state index is 12.0. The van der Waals surface area contributed by atoms with Gasteiger partial charge in [-0.1, -0.05) is 0 Å². The summed E-state index contributed by atoms with van der Waals surface area (Å²) in [7, 11) is 1.35. The average molecular weight is 242 g/mol. The molecular weight excluding hydrogens is 220 g/mol. The van der Waals surface area contributed by atoms with Gasteiger partial charge in [0.05, 0.1) is 13.5 Å². The highest BCUT2D eigenvalue weighted by atomic mass is 16.5. The van der Waals surface area contributed by atoms with Crippen LogP contribution < -0.4 is 5.32 Å². The molecule has 0 aromatic heterocycles. The van der Waals surface area contributed by atoms with Gasteiger partial charge in [-0.3, -0.25) is 14.5 Å². The lowest BCUT2D eigenvalue weighted by Crippen LogP contribution is -2.53. The highest BCUT2D eigenvalue weighted by molar-refractivity contribution is 5.86. The Balaban J connectivity index is 2.88. The molecule has 0 spiro atoms. The number of rotatable bonds is 2. The second-order valence-corrected chi connectivity index (χ2v) is 5.30. The Bertz CT molecular complexity index is 297. The van der Waals surface area contributed by atoms with E-state index in [1.165, 1.54) is 7.11 Å². The third-order valence-corrected chi connectivity index (χ3v) is 3.00. The predicted octanol–water partition coefficient (Wildman–Crippen LogP) is 0.539. The molecule has 1 saturated heterocycles. The number of esters is 1. The molecule has 0 aromatic carbocycles. The van der Waals surface area contributed by atoms with Crippen LogP contribution in [0.3, 0.4) is 0 Å². The second-order valence-electron chi connectivity index (χ2n) is 5.30. The van der Waals surface area contributed by atoms with E-state index < -0.39 is 6.04 Å². The summed E-state index contributed by atoms with van der Waals surface area (Å²) >= 11 is 0. The lowest BCUT2D eigenvalue weighted by Gasteiger charge is -2.39. The number of methoxy groups -OCH3 is 1. The van der Waals surface area contributed by atoms with Gasteiger partial charge >= 0.3 is 5.97 Å². The maximum atomic E-state index is 12.0. The molecule has 17 heavy (non-hydrogen) atoms. The van der Waals surface area contributed by atoms with Crippen LogP contribution in [0.2, 0.25) is 0 Å². The third kappa shape index (κ3) is 3.70. The van der Waals surface area contributed by atoms with E-state index in [1.807, 2.05) is 0 Å². The first kappa shape index (κ1) is 14.0. The number of nitrogens with one attached hydrogen (secondary N) is 1. The molecule has 0 radical (unpaired) electrons. The smallest absolute Gasteiger partial charge is 0.307 e. The molecule has 1 rings (SSSR count). The van der Waals surface area contributed by atoms with E-state index in [1.54, 1.807) is 0 Å². The van der Waals surface area contributed by atoms with Crippen molar-refractivity contribution in [1.82, 2.24) is 10.2 Å². The standard InChI is InChI=1S/C12H22N2O3/c1-12(2,3)14-7-5-6-13-11(16)9(14)8-10(15)17-4/h9H,5-8H2,1-4H3,(H,13,16). The first-order valence-corrected chi connectivity index (χ1v) is 5.97. The lowest BCUT2D eigenvalue weighted by atomic mass is 10.0. The van der Waals surface area contributed by atoms with Crippen LogP contribution in [-0.2, 0) is 14.3 Å². The zero-order chi connectivity index (χ0) is 13.1. The van der Waals surface area contributed by atoms with Crippen LogP contribution in [0.25, 0.3) is 0 Å². The van der Waals surface area contributed by atoms with Crippen molar-refractivity contribution in [2.75, 3.05) is 20.2 Å². The molecule has 0 bridgehead atoms. The SMILES string of the molecule is COC(=O)CC1C(=O)NCCCN1C(C)(C)C. The van der Waals surface area contributed by atoms with E-state index in [2.05, 4.69) is 35.7 Å². The number of hydrogen-bond acceptors (Lipinski definition) is 4. The van der Waals surface area contributed by atoms with Crippen molar-refractivity contribution in [1.29, 1.82) is 0 Å². The molecule has 1 atom stereocenters. The quantitative estimate of drug-likeness (QED) is 0.718. The van der Waals surface area contributed by atoms with Gasteiger partial charge < -0.3 is 10.1 Å². The number of carbonyl (C=O) groups is 2. The zero-order valence-electron chi connectivity index (χ0n) is 11.1. The number of ether oxygens (including phenoxy) is 1. The summed E-state index contributed by atoms with van der Waals surface area (Å²) in [5, 5.41) is 2.84. The Labute approximate surface area is 102 Å². The molecule has 5 heteroatoms. The van der Waals surface area contributed by atoms with Crippen molar-refractivity contribution < 1.29 is 14.3 Å². The summed E-state index contributed by atoms with van der Waals surface area (Å²) in [6.45, 7) is 7.63. The minimum Gasteiger partial charge on any atom is -0.469 e. The molecule has 1 aliphatic rings. The van der Waals surface area contributed by atoms with Crippen LogP contribution in [0.4, 0.5) is 0 Å². The predicted molar refractivity (Wildman–Crippen MR) is 64.5 cm³/mol. The van der Waals surface area contributed by atoms with E-state index >= 15 is 0 Å². The summed E-state index contributed by atoms with van der Waals surface area (Å²) in [6, 6.07) is -0.426. The minimum atomic E-state index is -0.426. The second kappa shape index (κ2) is 5.49. The first-order chi connectivity index (χ1) is 7.86. The van der Waals surface area contributed by atoms with Gasteiger partial charge in [-0.05, 0) is 27.2 Å². The van der Waals surface area contributed by atoms with Gasteiger partial charge in [-0.15, -0.1) is 0 Å². The normalized spacial score (nSPS) is 22.8. The van der Waals surface area contributed by atoms with Gasteiger partial charge in [0.2, 0.25) is 5.91 Å². The van der Waals surface area contributed by atoms with E-state index in [9.17, 15) is 9.59 Å². The van der Waals surface area contributed by atoms with Gasteiger partial charge in [0.25, 0.3) is 0 Å². The highest BCUT2D eigenvalue weighted by Crippen LogP contribution is 2.21. The fourth-order valence-corrected chi connectivity index (χ4v) is 2.12. The molecule has 0 aliphatic carbocycles. The van der Waals surface area contributed by atoms with Crippen LogP contribution >= 0.6 is 0 Å². The fourth-order valence-electron chi connectivity index (χ4n) is 2.12. The maximum Gasteiger partial charge on any atom is 0.307 e.